The highest BCUT2D eigenvalue weighted by Gasteiger charge is 2.37. The quantitative estimate of drug-likeness (QED) is 0.750. The molecular formula is C15H20FN3O4S. The first kappa shape index (κ1) is 17.0. The van der Waals surface area contributed by atoms with Crippen LogP contribution in [0.25, 0.3) is 0 Å². The zero-order chi connectivity index (χ0) is 17.3. The van der Waals surface area contributed by atoms with E-state index in [1.807, 2.05) is 0 Å². The normalized spacial score (nSPS) is 21.0. The second-order valence-corrected chi connectivity index (χ2v) is 7.75. The van der Waals surface area contributed by atoms with Gasteiger partial charge in [0.05, 0.1) is 0 Å². The van der Waals surface area contributed by atoms with Crippen molar-refractivity contribution in [3.05, 3.63) is 23.5 Å². The van der Waals surface area contributed by atoms with Crippen molar-refractivity contribution in [1.29, 1.82) is 0 Å². The molecule has 1 heterocycles. The van der Waals surface area contributed by atoms with Crippen LogP contribution < -0.4 is 14.3 Å². The van der Waals surface area contributed by atoms with Gasteiger partial charge >= 0.3 is 10.2 Å². The van der Waals surface area contributed by atoms with Crippen LogP contribution in [0.3, 0.4) is 0 Å². The van der Waals surface area contributed by atoms with E-state index in [0.29, 0.717) is 10.3 Å². The van der Waals surface area contributed by atoms with E-state index in [-0.39, 0.29) is 12.1 Å². The van der Waals surface area contributed by atoms with Crippen molar-refractivity contribution in [3.8, 4) is 5.75 Å². The third-order valence-corrected chi connectivity index (χ3v) is 5.81. The molecule has 1 aromatic rings. The summed E-state index contributed by atoms with van der Waals surface area (Å²) in [6.45, 7) is -0.314. The summed E-state index contributed by atoms with van der Waals surface area (Å²) in [7, 11) is -4.17. The minimum atomic E-state index is -4.17. The van der Waals surface area contributed by atoms with E-state index < -0.39 is 39.9 Å². The molecule has 1 aromatic carbocycles. The Morgan fingerprint density at radius 1 is 1.29 bits per heavy atom. The number of benzene rings is 1. The molecule has 3 N–H and O–H groups in total. The van der Waals surface area contributed by atoms with E-state index in [9.17, 15) is 22.7 Å². The number of halogens is 1. The van der Waals surface area contributed by atoms with Gasteiger partial charge in [0, 0.05) is 18.2 Å². The van der Waals surface area contributed by atoms with Gasteiger partial charge in [-0.3, -0.25) is 4.79 Å². The fraction of sp³-hybridized carbons (Fsp3) is 0.533. The van der Waals surface area contributed by atoms with E-state index in [1.165, 1.54) is 18.6 Å². The van der Waals surface area contributed by atoms with E-state index in [1.54, 1.807) is 4.72 Å². The van der Waals surface area contributed by atoms with Gasteiger partial charge in [-0.1, -0.05) is 25.3 Å². The van der Waals surface area contributed by atoms with Gasteiger partial charge < -0.3 is 10.4 Å². The van der Waals surface area contributed by atoms with Crippen molar-refractivity contribution in [3.63, 3.8) is 0 Å². The molecule has 1 saturated carbocycles. The lowest BCUT2D eigenvalue weighted by molar-refractivity contribution is -0.117. The molecule has 1 aliphatic heterocycles. The van der Waals surface area contributed by atoms with Gasteiger partial charge in [-0.2, -0.15) is 8.42 Å². The molecule has 7 nitrogen and oxygen atoms in total. The number of aromatic hydroxyl groups is 1. The summed E-state index contributed by atoms with van der Waals surface area (Å²) in [6.07, 6.45) is 5.56. The Kier molecular flexibility index (Phi) is 4.64. The number of nitrogens with one attached hydrogen (secondary N) is 2. The second kappa shape index (κ2) is 6.56. The van der Waals surface area contributed by atoms with Crippen molar-refractivity contribution in [2.24, 2.45) is 0 Å². The summed E-state index contributed by atoms with van der Waals surface area (Å²) in [5, 5.41) is 13.2. The van der Waals surface area contributed by atoms with E-state index in [4.69, 9.17) is 0 Å². The number of rotatable bonds is 4. The summed E-state index contributed by atoms with van der Waals surface area (Å²) in [6, 6.07) is 2.98. The Labute approximate surface area is 140 Å². The van der Waals surface area contributed by atoms with E-state index >= 15 is 0 Å². The predicted octanol–water partition coefficient (Wildman–Crippen LogP) is 1.13. The molecule has 0 atom stereocenters. The Hall–Kier alpha value is -1.87. The molecule has 1 saturated heterocycles. The number of phenolic OH excluding ortho intramolecular Hbond substituents is 1. The number of carbonyl (C=O) groups is 1. The van der Waals surface area contributed by atoms with Gasteiger partial charge in [0.2, 0.25) is 0 Å². The second-order valence-electron chi connectivity index (χ2n) is 6.16. The van der Waals surface area contributed by atoms with Gasteiger partial charge in [0.25, 0.3) is 5.91 Å². The minimum Gasteiger partial charge on any atom is -0.506 e. The Morgan fingerprint density at radius 2 is 2.00 bits per heavy atom. The standard InChI is InChI=1S/C15H20FN3O4S/c16-14-10(8-17-11-4-2-1-3-5-11)6-7-12(20)15(14)19-9-13(21)18-24(19,22)23/h6-7,11,17,20H,1-5,8-9H2,(H,18,21). The molecule has 1 aliphatic carbocycles. The van der Waals surface area contributed by atoms with Gasteiger partial charge in [-0.05, 0) is 18.9 Å². The maximum absolute atomic E-state index is 14.8. The predicted molar refractivity (Wildman–Crippen MR) is 86.2 cm³/mol. The molecule has 132 valence electrons. The average molecular weight is 357 g/mol. The van der Waals surface area contributed by atoms with Crippen LogP contribution in [0.15, 0.2) is 12.1 Å². The smallest absolute Gasteiger partial charge is 0.326 e. The number of anilines is 1. The van der Waals surface area contributed by atoms with Crippen LogP contribution in [-0.2, 0) is 21.5 Å². The molecule has 0 spiro atoms. The van der Waals surface area contributed by atoms with Crippen molar-refractivity contribution >= 4 is 21.8 Å². The van der Waals surface area contributed by atoms with Crippen molar-refractivity contribution in [2.75, 3.05) is 10.8 Å². The molecule has 0 unspecified atom stereocenters. The molecule has 0 aromatic heterocycles. The monoisotopic (exact) mass is 357 g/mol. The van der Waals surface area contributed by atoms with Crippen LogP contribution in [0.5, 0.6) is 5.75 Å². The highest BCUT2D eigenvalue weighted by molar-refractivity contribution is 7.92. The lowest BCUT2D eigenvalue weighted by Gasteiger charge is -2.24. The molecular weight excluding hydrogens is 337 g/mol. The fourth-order valence-electron chi connectivity index (χ4n) is 3.18. The summed E-state index contributed by atoms with van der Waals surface area (Å²) in [5.41, 5.74) is -0.237. The third-order valence-electron chi connectivity index (χ3n) is 4.43. The van der Waals surface area contributed by atoms with Crippen LogP contribution in [-0.4, -0.2) is 32.0 Å². The van der Waals surface area contributed by atoms with Gasteiger partial charge in [-0.25, -0.2) is 13.4 Å². The van der Waals surface area contributed by atoms with Gasteiger partial charge in [0.1, 0.15) is 18.0 Å². The third kappa shape index (κ3) is 3.32. The minimum absolute atomic E-state index is 0.235. The molecule has 0 bridgehead atoms. The molecule has 2 aliphatic rings. The zero-order valence-corrected chi connectivity index (χ0v) is 13.9. The number of carbonyl (C=O) groups excluding carboxylic acids is 1. The number of hydrogen-bond acceptors (Lipinski definition) is 5. The molecule has 0 radical (unpaired) electrons. The summed E-state index contributed by atoms with van der Waals surface area (Å²) in [5.74, 6) is -2.12. The van der Waals surface area contributed by atoms with Gasteiger partial charge in [0.15, 0.2) is 5.82 Å². The first-order valence-corrected chi connectivity index (χ1v) is 9.39. The fourth-order valence-corrected chi connectivity index (χ4v) is 4.34. The van der Waals surface area contributed by atoms with Crippen LogP contribution in [0.4, 0.5) is 10.1 Å². The lowest BCUT2D eigenvalue weighted by Crippen LogP contribution is -2.32. The first-order chi connectivity index (χ1) is 11.4. The Balaban J connectivity index is 1.84. The number of phenols is 1. The maximum Gasteiger partial charge on any atom is 0.326 e. The van der Waals surface area contributed by atoms with Crippen LogP contribution in [0.1, 0.15) is 37.7 Å². The van der Waals surface area contributed by atoms with Crippen molar-refractivity contribution in [1.82, 2.24) is 10.0 Å². The Morgan fingerprint density at radius 3 is 2.62 bits per heavy atom. The largest absolute Gasteiger partial charge is 0.506 e. The number of nitrogens with zero attached hydrogens (tertiary/aromatic N) is 1. The zero-order valence-electron chi connectivity index (χ0n) is 13.1. The van der Waals surface area contributed by atoms with Crippen LogP contribution in [0.2, 0.25) is 0 Å². The summed E-state index contributed by atoms with van der Waals surface area (Å²) in [4.78, 5) is 11.3. The van der Waals surface area contributed by atoms with Gasteiger partial charge in [-0.15, -0.1) is 0 Å². The SMILES string of the molecule is O=C1CN(c2c(O)ccc(CNC3CCCCC3)c2F)S(=O)(=O)N1. The van der Waals surface area contributed by atoms with Crippen LogP contribution in [0, 0.1) is 5.82 Å². The average Bonchev–Trinajstić information content (AvgIpc) is 2.80. The molecule has 24 heavy (non-hydrogen) atoms. The molecule has 2 fully saturated rings. The maximum atomic E-state index is 14.8. The topological polar surface area (TPSA) is 98.7 Å². The number of hydrogen-bond donors (Lipinski definition) is 3. The summed E-state index contributed by atoms with van der Waals surface area (Å²) < 4.78 is 40.9. The van der Waals surface area contributed by atoms with Crippen LogP contribution >= 0.6 is 0 Å². The summed E-state index contributed by atoms with van der Waals surface area (Å²) >= 11 is 0. The Bertz CT molecular complexity index is 747. The highest BCUT2D eigenvalue weighted by Crippen LogP contribution is 2.35. The molecule has 3 rings (SSSR count). The highest BCUT2D eigenvalue weighted by atomic mass is 32.2. The molecule has 1 amide bonds. The lowest BCUT2D eigenvalue weighted by atomic mass is 9.95. The van der Waals surface area contributed by atoms with Crippen molar-refractivity contribution in [2.45, 2.75) is 44.7 Å². The van der Waals surface area contributed by atoms with Crippen molar-refractivity contribution < 1.29 is 22.7 Å². The van der Waals surface area contributed by atoms with E-state index in [0.717, 1.165) is 25.7 Å². The molecule has 9 heteroatoms. The van der Waals surface area contributed by atoms with E-state index in [2.05, 4.69) is 5.32 Å². The first-order valence-electron chi connectivity index (χ1n) is 7.95. The number of amides is 1.